The predicted molar refractivity (Wildman–Crippen MR) is 129 cm³/mol. The lowest BCUT2D eigenvalue weighted by atomic mass is 9.49. The minimum Gasteiger partial charge on any atom is -0.0776 e. The molecule has 0 N–H and O–H groups in total. The molecule has 4 rings (SSSR count). The summed E-state index contributed by atoms with van der Waals surface area (Å²) in [5.41, 5.74) is 0.727. The van der Waals surface area contributed by atoms with Crippen LogP contribution in [0.3, 0.4) is 0 Å². The first-order valence-corrected chi connectivity index (χ1v) is 12.9. The molecule has 0 heteroatoms. The molecule has 4 fully saturated rings. The second-order valence-electron chi connectivity index (χ2n) is 11.3. The van der Waals surface area contributed by atoms with Crippen molar-refractivity contribution >= 4 is 0 Å². The molecule has 7 unspecified atom stereocenters. The lowest BCUT2D eigenvalue weighted by Crippen LogP contribution is -2.48. The van der Waals surface area contributed by atoms with Crippen LogP contribution in [0.15, 0.2) is 0 Å². The van der Waals surface area contributed by atoms with Gasteiger partial charge in [0.1, 0.15) is 0 Å². The first-order chi connectivity index (χ1) is 12.9. The van der Waals surface area contributed by atoms with E-state index < -0.39 is 0 Å². The number of fused-ring (bicyclic) bond motifs is 5. The summed E-state index contributed by atoms with van der Waals surface area (Å²) in [6.07, 6.45) is 15.6. The molecule has 4 aliphatic rings. The van der Waals surface area contributed by atoms with E-state index >= 15 is 0 Å². The van der Waals surface area contributed by atoms with Crippen molar-refractivity contribution in [1.29, 1.82) is 0 Å². The zero-order valence-corrected chi connectivity index (χ0v) is 20.2. The minimum atomic E-state index is 0. The van der Waals surface area contributed by atoms with Crippen molar-refractivity contribution in [3.8, 4) is 0 Å². The van der Waals surface area contributed by atoms with E-state index in [9.17, 15) is 0 Å². The zero-order chi connectivity index (χ0) is 20.2. The van der Waals surface area contributed by atoms with Crippen molar-refractivity contribution in [3.63, 3.8) is 0 Å². The average Bonchev–Trinajstić information content (AvgIpc) is 2.99. The average molecular weight is 393 g/mol. The van der Waals surface area contributed by atoms with Crippen LogP contribution in [0.2, 0.25) is 0 Å². The molecular weight excluding hydrogens is 336 g/mol. The third-order valence-electron chi connectivity index (χ3n) is 8.91. The molecule has 168 valence electrons. The van der Waals surface area contributed by atoms with Gasteiger partial charge in [-0.15, -0.1) is 0 Å². The molecule has 0 spiro atoms. The van der Waals surface area contributed by atoms with Crippen LogP contribution in [0, 0.1) is 52.8 Å². The van der Waals surface area contributed by atoms with Crippen LogP contribution < -0.4 is 0 Å². The van der Waals surface area contributed by atoms with E-state index in [1.807, 2.05) is 13.8 Å². The van der Waals surface area contributed by atoms with Gasteiger partial charge in [-0.2, -0.15) is 0 Å². The molecule has 0 aromatic carbocycles. The third kappa shape index (κ3) is 5.37. The molecule has 4 saturated carbocycles. The van der Waals surface area contributed by atoms with Crippen LogP contribution in [-0.2, 0) is 0 Å². The van der Waals surface area contributed by atoms with Crippen molar-refractivity contribution in [2.24, 2.45) is 52.8 Å². The van der Waals surface area contributed by atoms with E-state index in [1.54, 1.807) is 51.4 Å². The highest BCUT2D eigenvalue weighted by Crippen LogP contribution is 2.64. The molecule has 0 nitrogen and oxygen atoms in total. The fraction of sp³-hybridized carbons (Fsp3) is 1.00. The topological polar surface area (TPSA) is 0 Å². The summed E-state index contributed by atoms with van der Waals surface area (Å²) in [6.45, 7) is 18.1. The Morgan fingerprint density at radius 2 is 1.43 bits per heavy atom. The standard InChI is InChI=1S/C21H36.C4H10.C2H6.CH4/c1-4-16-7-10-20-19-9-6-15-13-14(2)5-8-17(15)18(19)11-12-21(16,20)3;1-4(2)3;1-2;/h14-20H,4-13H2,1-3H3;4H,1-3H3;1-2H3;1H4/t14?,15?,16?,17?,18?,19?,20-,21?;;;/m0.../s1. The SMILES string of the molecule is C.CC.CC(C)C.CCC1CC[C@H]2C3CCC4CC(C)CCC4C3CCC12C. The quantitative estimate of drug-likeness (QED) is 0.416. The highest BCUT2D eigenvalue weighted by Gasteiger charge is 2.56. The molecule has 0 aliphatic heterocycles. The van der Waals surface area contributed by atoms with Crippen LogP contribution in [0.25, 0.3) is 0 Å². The summed E-state index contributed by atoms with van der Waals surface area (Å²) < 4.78 is 0. The molecule has 0 saturated heterocycles. The highest BCUT2D eigenvalue weighted by molar-refractivity contribution is 5.05. The van der Waals surface area contributed by atoms with Crippen LogP contribution in [0.5, 0.6) is 0 Å². The molecule has 4 aliphatic carbocycles. The van der Waals surface area contributed by atoms with Crippen molar-refractivity contribution in [1.82, 2.24) is 0 Å². The first kappa shape index (κ1) is 26.0. The largest absolute Gasteiger partial charge is 0.0776 e. The first-order valence-electron chi connectivity index (χ1n) is 12.9. The van der Waals surface area contributed by atoms with Gasteiger partial charge in [-0.05, 0) is 104 Å². The molecule has 28 heavy (non-hydrogen) atoms. The monoisotopic (exact) mass is 392 g/mol. The van der Waals surface area contributed by atoms with Gasteiger partial charge < -0.3 is 0 Å². The normalized spacial score (nSPS) is 43.8. The molecule has 0 bridgehead atoms. The Hall–Kier alpha value is 0. The Bertz CT molecular complexity index is 421. The van der Waals surface area contributed by atoms with E-state index in [0.717, 1.165) is 52.8 Å². The van der Waals surface area contributed by atoms with Crippen molar-refractivity contribution in [3.05, 3.63) is 0 Å². The highest BCUT2D eigenvalue weighted by atomic mass is 14.6. The van der Waals surface area contributed by atoms with Gasteiger partial charge in [0.2, 0.25) is 0 Å². The molecule has 0 heterocycles. The summed E-state index contributed by atoms with van der Waals surface area (Å²) >= 11 is 0. The van der Waals surface area contributed by atoms with Gasteiger partial charge in [-0.1, -0.05) is 75.7 Å². The second kappa shape index (κ2) is 11.4. The maximum atomic E-state index is 2.68. The van der Waals surface area contributed by atoms with Crippen molar-refractivity contribution in [2.75, 3.05) is 0 Å². The predicted octanol–water partition coefficient (Wildman–Crippen LogP) is 9.63. The Kier molecular flexibility index (Phi) is 10.6. The maximum Gasteiger partial charge on any atom is -0.0266 e. The van der Waals surface area contributed by atoms with E-state index in [0.29, 0.717) is 0 Å². The molecule has 0 aromatic rings. The Morgan fingerprint density at radius 1 is 0.821 bits per heavy atom. The molecule has 0 amide bonds. The Morgan fingerprint density at radius 3 is 2.04 bits per heavy atom. The number of hydrogen-bond acceptors (Lipinski definition) is 0. The van der Waals surface area contributed by atoms with E-state index in [-0.39, 0.29) is 7.43 Å². The van der Waals surface area contributed by atoms with Gasteiger partial charge in [0.25, 0.3) is 0 Å². The van der Waals surface area contributed by atoms with E-state index in [2.05, 4.69) is 41.5 Å². The number of hydrogen-bond donors (Lipinski definition) is 0. The van der Waals surface area contributed by atoms with Crippen LogP contribution in [0.4, 0.5) is 0 Å². The summed E-state index contributed by atoms with van der Waals surface area (Å²) in [5, 5.41) is 0. The maximum absolute atomic E-state index is 2.68. The molecular formula is C28H56. The van der Waals surface area contributed by atoms with E-state index in [1.165, 1.54) is 12.8 Å². The van der Waals surface area contributed by atoms with Crippen molar-refractivity contribution in [2.45, 2.75) is 127 Å². The third-order valence-corrected chi connectivity index (χ3v) is 8.91. The lowest BCUT2D eigenvalue weighted by Gasteiger charge is -2.56. The molecule has 8 atom stereocenters. The van der Waals surface area contributed by atoms with Gasteiger partial charge in [0.05, 0.1) is 0 Å². The van der Waals surface area contributed by atoms with Gasteiger partial charge in [-0.3, -0.25) is 0 Å². The van der Waals surface area contributed by atoms with Crippen molar-refractivity contribution < 1.29 is 0 Å². The summed E-state index contributed by atoms with van der Waals surface area (Å²) in [7, 11) is 0. The Labute approximate surface area is 180 Å². The molecule has 0 radical (unpaired) electrons. The second-order valence-corrected chi connectivity index (χ2v) is 11.3. The zero-order valence-electron chi connectivity index (χ0n) is 20.2. The van der Waals surface area contributed by atoms with Crippen LogP contribution >= 0.6 is 0 Å². The van der Waals surface area contributed by atoms with Gasteiger partial charge in [0.15, 0.2) is 0 Å². The van der Waals surface area contributed by atoms with Gasteiger partial charge >= 0.3 is 0 Å². The van der Waals surface area contributed by atoms with E-state index in [4.69, 9.17) is 0 Å². The lowest BCUT2D eigenvalue weighted by molar-refractivity contribution is -0.0673. The fourth-order valence-corrected chi connectivity index (χ4v) is 7.87. The summed E-state index contributed by atoms with van der Waals surface area (Å²) in [6, 6.07) is 0. The Balaban J connectivity index is 0.000000503. The van der Waals surface area contributed by atoms with Gasteiger partial charge in [-0.25, -0.2) is 0 Å². The van der Waals surface area contributed by atoms with Crippen LogP contribution in [-0.4, -0.2) is 0 Å². The van der Waals surface area contributed by atoms with Gasteiger partial charge in [0, 0.05) is 0 Å². The number of rotatable bonds is 1. The smallest absolute Gasteiger partial charge is 0.0266 e. The minimum absolute atomic E-state index is 0. The summed E-state index contributed by atoms with van der Waals surface area (Å²) in [5.74, 6) is 8.49. The summed E-state index contributed by atoms with van der Waals surface area (Å²) in [4.78, 5) is 0. The fourth-order valence-electron chi connectivity index (χ4n) is 7.87. The van der Waals surface area contributed by atoms with Crippen LogP contribution in [0.1, 0.15) is 127 Å². The molecule has 0 aromatic heterocycles.